The lowest BCUT2D eigenvalue weighted by molar-refractivity contribution is -0.156. The summed E-state index contributed by atoms with van der Waals surface area (Å²) in [6.07, 6.45) is 13.1. The van der Waals surface area contributed by atoms with E-state index in [1.807, 2.05) is 0 Å². The zero-order valence-corrected chi connectivity index (χ0v) is 18.0. The van der Waals surface area contributed by atoms with Gasteiger partial charge in [0.05, 0.1) is 0 Å². The van der Waals surface area contributed by atoms with Crippen molar-refractivity contribution < 1.29 is 4.79 Å². The van der Waals surface area contributed by atoms with E-state index in [0.29, 0.717) is 28.4 Å². The number of carbonyl (C=O) groups is 1. The maximum atomic E-state index is 13.2. The third-order valence-electron chi connectivity index (χ3n) is 10.2. The summed E-state index contributed by atoms with van der Waals surface area (Å²) in [7, 11) is 0. The zero-order chi connectivity index (χ0) is 18.7. The average molecular weight is 359 g/mol. The van der Waals surface area contributed by atoms with E-state index in [2.05, 4.69) is 34.6 Å². The molecule has 0 bridgehead atoms. The third-order valence-corrected chi connectivity index (χ3v) is 10.2. The predicted octanol–water partition coefficient (Wildman–Crippen LogP) is 6.90. The standard InChI is InChI=1S/C25H42O/c1-6-7-17(3)19-8-9-20-18-15-23(26)22-14-16(2)10-12-25(22,5)21(18)11-13-24(19,20)4/h16-22H,6-15H2,1-5H3/t16?,17-,18?,19-,20?,21?,22?,24-,25-/m1/s1. The van der Waals surface area contributed by atoms with Crippen molar-refractivity contribution in [2.24, 2.45) is 52.3 Å². The van der Waals surface area contributed by atoms with Crippen LogP contribution in [0.25, 0.3) is 0 Å². The molecule has 0 saturated heterocycles. The quantitative estimate of drug-likeness (QED) is 0.536. The summed E-state index contributed by atoms with van der Waals surface area (Å²) in [5, 5.41) is 0. The van der Waals surface area contributed by atoms with Gasteiger partial charge in [0.15, 0.2) is 0 Å². The molecule has 9 atom stereocenters. The lowest BCUT2D eigenvalue weighted by atomic mass is 9.43. The Labute approximate surface area is 162 Å². The van der Waals surface area contributed by atoms with Gasteiger partial charge in [-0.05, 0) is 84.9 Å². The van der Waals surface area contributed by atoms with Crippen LogP contribution in [0.3, 0.4) is 0 Å². The van der Waals surface area contributed by atoms with Crippen LogP contribution in [0.1, 0.15) is 98.8 Å². The molecule has 0 aliphatic heterocycles. The van der Waals surface area contributed by atoms with Gasteiger partial charge in [0, 0.05) is 12.3 Å². The van der Waals surface area contributed by atoms with Crippen molar-refractivity contribution in [3.63, 3.8) is 0 Å². The maximum Gasteiger partial charge on any atom is 0.136 e. The zero-order valence-electron chi connectivity index (χ0n) is 18.0. The van der Waals surface area contributed by atoms with E-state index in [0.717, 1.165) is 36.0 Å². The number of hydrogen-bond acceptors (Lipinski definition) is 1. The van der Waals surface area contributed by atoms with Gasteiger partial charge in [0.25, 0.3) is 0 Å². The van der Waals surface area contributed by atoms with Gasteiger partial charge in [0.1, 0.15) is 5.78 Å². The topological polar surface area (TPSA) is 17.1 Å². The van der Waals surface area contributed by atoms with Crippen molar-refractivity contribution in [2.75, 3.05) is 0 Å². The summed E-state index contributed by atoms with van der Waals surface area (Å²) >= 11 is 0. The third kappa shape index (κ3) is 2.66. The molecule has 4 aliphatic carbocycles. The highest BCUT2D eigenvalue weighted by atomic mass is 16.1. The van der Waals surface area contributed by atoms with E-state index in [1.54, 1.807) is 0 Å². The fourth-order valence-corrected chi connectivity index (χ4v) is 8.86. The molecule has 1 nitrogen and oxygen atoms in total. The van der Waals surface area contributed by atoms with Crippen LogP contribution in [0.15, 0.2) is 0 Å². The molecular weight excluding hydrogens is 316 g/mol. The normalized spacial score (nSPS) is 52.1. The van der Waals surface area contributed by atoms with Crippen LogP contribution in [0.2, 0.25) is 0 Å². The Hall–Kier alpha value is -0.330. The summed E-state index contributed by atoms with van der Waals surface area (Å²) < 4.78 is 0. The van der Waals surface area contributed by atoms with Crippen molar-refractivity contribution in [3.05, 3.63) is 0 Å². The van der Waals surface area contributed by atoms with Crippen LogP contribution in [-0.4, -0.2) is 5.78 Å². The maximum absolute atomic E-state index is 13.2. The average Bonchev–Trinajstić information content (AvgIpc) is 2.94. The Kier molecular flexibility index (Phi) is 4.84. The highest BCUT2D eigenvalue weighted by Gasteiger charge is 2.62. The minimum Gasteiger partial charge on any atom is -0.299 e. The lowest BCUT2D eigenvalue weighted by Gasteiger charge is -2.60. The van der Waals surface area contributed by atoms with Gasteiger partial charge in [-0.3, -0.25) is 4.79 Å². The monoisotopic (exact) mass is 358 g/mol. The van der Waals surface area contributed by atoms with E-state index >= 15 is 0 Å². The number of rotatable bonds is 3. The van der Waals surface area contributed by atoms with Gasteiger partial charge in [-0.25, -0.2) is 0 Å². The van der Waals surface area contributed by atoms with E-state index in [4.69, 9.17) is 0 Å². The van der Waals surface area contributed by atoms with E-state index in [1.165, 1.54) is 57.8 Å². The molecule has 148 valence electrons. The van der Waals surface area contributed by atoms with Crippen molar-refractivity contribution in [1.29, 1.82) is 0 Å². The fourth-order valence-electron chi connectivity index (χ4n) is 8.86. The molecule has 1 heteroatoms. The van der Waals surface area contributed by atoms with Crippen molar-refractivity contribution >= 4 is 5.78 Å². The Morgan fingerprint density at radius 1 is 1.04 bits per heavy atom. The Morgan fingerprint density at radius 2 is 1.73 bits per heavy atom. The molecule has 0 radical (unpaired) electrons. The molecule has 0 spiro atoms. The smallest absolute Gasteiger partial charge is 0.136 e. The number of hydrogen-bond donors (Lipinski definition) is 0. The molecule has 26 heavy (non-hydrogen) atoms. The summed E-state index contributed by atoms with van der Waals surface area (Å²) in [5.41, 5.74) is 0.835. The SMILES string of the molecule is CCC[C@@H](C)[C@H]1CCC2C3CC(=O)C4CC(C)CC[C@]4(C)C3CC[C@@]21C. The summed E-state index contributed by atoms with van der Waals surface area (Å²) in [6.45, 7) is 12.4. The highest BCUT2D eigenvalue weighted by Crippen LogP contribution is 2.68. The molecule has 0 N–H and O–H groups in total. The largest absolute Gasteiger partial charge is 0.299 e. The molecule has 0 aromatic carbocycles. The number of fused-ring (bicyclic) bond motifs is 5. The van der Waals surface area contributed by atoms with Crippen LogP contribution < -0.4 is 0 Å². The highest BCUT2D eigenvalue weighted by molar-refractivity contribution is 5.83. The molecule has 4 aliphatic rings. The van der Waals surface area contributed by atoms with Gasteiger partial charge < -0.3 is 0 Å². The molecule has 4 saturated carbocycles. The van der Waals surface area contributed by atoms with Crippen molar-refractivity contribution in [3.8, 4) is 0 Å². The van der Waals surface area contributed by atoms with Gasteiger partial charge in [-0.15, -0.1) is 0 Å². The molecule has 0 amide bonds. The van der Waals surface area contributed by atoms with Crippen LogP contribution >= 0.6 is 0 Å². The summed E-state index contributed by atoms with van der Waals surface area (Å²) in [5.74, 6) is 5.92. The van der Waals surface area contributed by atoms with Crippen LogP contribution in [-0.2, 0) is 4.79 Å². The minimum absolute atomic E-state index is 0.320. The van der Waals surface area contributed by atoms with Crippen LogP contribution in [0, 0.1) is 52.3 Å². The second-order valence-corrected chi connectivity index (χ2v) is 11.5. The van der Waals surface area contributed by atoms with Crippen molar-refractivity contribution in [1.82, 2.24) is 0 Å². The Bertz CT molecular complexity index is 552. The first-order valence-electron chi connectivity index (χ1n) is 11.8. The second-order valence-electron chi connectivity index (χ2n) is 11.5. The second kappa shape index (κ2) is 6.63. The molecule has 4 rings (SSSR count). The predicted molar refractivity (Wildman–Crippen MR) is 109 cm³/mol. The molecular formula is C25H42O. The minimum atomic E-state index is 0.320. The van der Waals surface area contributed by atoms with Crippen LogP contribution in [0.4, 0.5) is 0 Å². The Morgan fingerprint density at radius 3 is 2.46 bits per heavy atom. The number of ketones is 1. The first-order chi connectivity index (χ1) is 12.3. The van der Waals surface area contributed by atoms with Gasteiger partial charge in [-0.1, -0.05) is 53.9 Å². The molecule has 0 aromatic heterocycles. The van der Waals surface area contributed by atoms with Crippen LogP contribution in [0.5, 0.6) is 0 Å². The van der Waals surface area contributed by atoms with Gasteiger partial charge in [0.2, 0.25) is 0 Å². The Balaban J connectivity index is 1.61. The van der Waals surface area contributed by atoms with Gasteiger partial charge >= 0.3 is 0 Å². The van der Waals surface area contributed by atoms with Crippen molar-refractivity contribution in [2.45, 2.75) is 98.8 Å². The van der Waals surface area contributed by atoms with E-state index < -0.39 is 0 Å². The molecule has 0 aromatic rings. The molecule has 0 heterocycles. The number of Topliss-reactive ketones (excluding diaryl/α,β-unsaturated/α-hetero) is 1. The van der Waals surface area contributed by atoms with E-state index in [-0.39, 0.29) is 0 Å². The van der Waals surface area contributed by atoms with E-state index in [9.17, 15) is 4.79 Å². The first-order valence-corrected chi connectivity index (χ1v) is 11.8. The fraction of sp³-hybridized carbons (Fsp3) is 0.960. The number of carbonyl (C=O) groups excluding carboxylic acids is 1. The van der Waals surface area contributed by atoms with Gasteiger partial charge in [-0.2, -0.15) is 0 Å². The molecule has 5 unspecified atom stereocenters. The molecule has 4 fully saturated rings. The summed E-state index contributed by atoms with van der Waals surface area (Å²) in [4.78, 5) is 13.2. The lowest BCUT2D eigenvalue weighted by Crippen LogP contribution is -2.56. The first kappa shape index (κ1) is 19.0. The summed E-state index contributed by atoms with van der Waals surface area (Å²) in [6, 6.07) is 0.